The van der Waals surface area contributed by atoms with Crippen molar-refractivity contribution in [3.8, 4) is 50.6 Å². The molecule has 348 valence electrons. The Hall–Kier alpha value is -8.96. The van der Waals surface area contributed by atoms with Gasteiger partial charge in [-0.3, -0.25) is 0 Å². The molecule has 0 saturated carbocycles. The Morgan fingerprint density at radius 1 is 0.411 bits per heavy atom. The third kappa shape index (κ3) is 6.57. The van der Waals surface area contributed by atoms with Crippen LogP contribution in [0.2, 0.25) is 0 Å². The molecule has 0 heterocycles. The minimum atomic E-state index is -0.733. The lowest BCUT2D eigenvalue weighted by Crippen LogP contribution is -2.26. The number of benzene rings is 10. The number of fused-ring (bicyclic) bond motifs is 14. The third-order valence-electron chi connectivity index (χ3n) is 15.8. The summed E-state index contributed by atoms with van der Waals surface area (Å²) in [4.78, 5) is 8.46. The van der Waals surface area contributed by atoms with Gasteiger partial charge in [0.1, 0.15) is 0 Å². The Morgan fingerprint density at radius 2 is 0.863 bits per heavy atom. The lowest BCUT2D eigenvalue weighted by atomic mass is 9.70. The maximum Gasteiger partial charge on any atom is 0.187 e. The summed E-state index contributed by atoms with van der Waals surface area (Å²) in [5.41, 5.74) is 24.1. The molecule has 13 rings (SSSR count). The predicted octanol–water partition coefficient (Wildman–Crippen LogP) is 18.8. The van der Waals surface area contributed by atoms with E-state index in [1.165, 1.54) is 88.7 Å². The summed E-state index contributed by atoms with van der Waals surface area (Å²) in [5.74, 6) is 0. The molecule has 1 spiro atoms. The first-order valence-electron chi connectivity index (χ1n) is 25.3. The molecule has 0 aromatic heterocycles. The molecule has 73 heavy (non-hydrogen) atoms. The van der Waals surface area contributed by atoms with E-state index in [0.29, 0.717) is 11.3 Å². The third-order valence-corrected chi connectivity index (χ3v) is 15.8. The van der Waals surface area contributed by atoms with E-state index in [4.69, 9.17) is 6.57 Å². The highest BCUT2D eigenvalue weighted by atomic mass is 15.1. The summed E-state index contributed by atoms with van der Waals surface area (Å²) >= 11 is 0. The standard InChI is InChI=1S/C69H52N4/c1-67(2,3)44-21-29-48(30-22-44)72(47-27-19-43(42-70)20-28-47)51-35-37-55-56-38-36-52(73(50-33-25-46(71-7)26-34-50)49-31-23-45(24-32-49)68(4,5)6)40-63(56)69(62(55)39-51)61-18-11-10-15-58(61)66-59-17-12-16-57-53-13-8-9-14-54(53)60(65(57)59)41-64(66)69/h8-41H,1-6H3. The molecule has 4 heteroatoms. The summed E-state index contributed by atoms with van der Waals surface area (Å²) in [6.07, 6.45) is 0. The van der Waals surface area contributed by atoms with Crippen molar-refractivity contribution in [1.82, 2.24) is 0 Å². The molecule has 1 atom stereocenters. The van der Waals surface area contributed by atoms with Crippen LogP contribution in [0.15, 0.2) is 206 Å². The number of hydrogen-bond donors (Lipinski definition) is 0. The fourth-order valence-corrected chi connectivity index (χ4v) is 12.3. The van der Waals surface area contributed by atoms with Gasteiger partial charge in [0.15, 0.2) is 5.69 Å². The van der Waals surface area contributed by atoms with Gasteiger partial charge >= 0.3 is 0 Å². The Kier molecular flexibility index (Phi) is 9.66. The van der Waals surface area contributed by atoms with Crippen LogP contribution in [0.4, 0.5) is 39.8 Å². The average molecular weight is 937 g/mol. The predicted molar refractivity (Wildman–Crippen MR) is 302 cm³/mol. The van der Waals surface area contributed by atoms with Gasteiger partial charge in [0.25, 0.3) is 0 Å². The number of rotatable bonds is 6. The van der Waals surface area contributed by atoms with Gasteiger partial charge in [-0.2, -0.15) is 5.26 Å². The molecular formula is C69H52N4. The number of nitriles is 1. The van der Waals surface area contributed by atoms with Gasteiger partial charge in [0.05, 0.1) is 23.6 Å². The molecule has 0 amide bonds. The summed E-state index contributed by atoms with van der Waals surface area (Å²) in [7, 11) is 0. The zero-order valence-electron chi connectivity index (χ0n) is 41.9. The molecule has 10 aromatic rings. The van der Waals surface area contributed by atoms with Crippen molar-refractivity contribution in [1.29, 1.82) is 5.26 Å². The van der Waals surface area contributed by atoms with E-state index in [1.54, 1.807) is 0 Å². The maximum absolute atomic E-state index is 9.91. The van der Waals surface area contributed by atoms with Crippen LogP contribution in [0.1, 0.15) is 80.5 Å². The summed E-state index contributed by atoms with van der Waals surface area (Å²) < 4.78 is 0. The first-order chi connectivity index (χ1) is 35.4. The van der Waals surface area contributed by atoms with Gasteiger partial charge in [-0.05, 0) is 190 Å². The quantitative estimate of drug-likeness (QED) is 0.156. The topological polar surface area (TPSA) is 34.6 Å². The first kappa shape index (κ1) is 44.0. The molecule has 3 aliphatic rings. The van der Waals surface area contributed by atoms with Gasteiger partial charge in [-0.1, -0.05) is 157 Å². The summed E-state index contributed by atoms with van der Waals surface area (Å²) in [5, 5.41) is 12.5. The van der Waals surface area contributed by atoms with E-state index in [9.17, 15) is 5.26 Å². The second-order valence-electron chi connectivity index (χ2n) is 21.9. The van der Waals surface area contributed by atoms with Crippen molar-refractivity contribution in [3.63, 3.8) is 0 Å². The molecule has 4 nitrogen and oxygen atoms in total. The largest absolute Gasteiger partial charge is 0.311 e. The van der Waals surface area contributed by atoms with Crippen molar-refractivity contribution < 1.29 is 0 Å². The van der Waals surface area contributed by atoms with E-state index < -0.39 is 5.41 Å². The Balaban J connectivity index is 1.11. The van der Waals surface area contributed by atoms with Crippen LogP contribution >= 0.6 is 0 Å². The second kappa shape index (κ2) is 16.0. The molecule has 0 saturated heterocycles. The van der Waals surface area contributed by atoms with E-state index in [2.05, 4.69) is 244 Å². The van der Waals surface area contributed by atoms with Crippen molar-refractivity contribution in [2.45, 2.75) is 57.8 Å². The van der Waals surface area contributed by atoms with Gasteiger partial charge in [-0.15, -0.1) is 0 Å². The minimum Gasteiger partial charge on any atom is -0.311 e. The molecule has 0 bridgehead atoms. The lowest BCUT2D eigenvalue weighted by molar-refractivity contribution is 0.590. The van der Waals surface area contributed by atoms with Crippen LogP contribution in [0.25, 0.3) is 60.1 Å². The van der Waals surface area contributed by atoms with Gasteiger partial charge in [-0.25, -0.2) is 4.85 Å². The fraction of sp³-hybridized carbons (Fsp3) is 0.130. The zero-order chi connectivity index (χ0) is 50.0. The highest BCUT2D eigenvalue weighted by Crippen LogP contribution is 2.67. The van der Waals surface area contributed by atoms with Crippen LogP contribution in [-0.2, 0) is 16.2 Å². The van der Waals surface area contributed by atoms with Crippen LogP contribution in [0, 0.1) is 17.9 Å². The zero-order valence-corrected chi connectivity index (χ0v) is 41.9. The van der Waals surface area contributed by atoms with Crippen LogP contribution < -0.4 is 9.80 Å². The molecule has 0 radical (unpaired) electrons. The van der Waals surface area contributed by atoms with Crippen molar-refractivity contribution in [2.24, 2.45) is 0 Å². The van der Waals surface area contributed by atoms with Gasteiger partial charge < -0.3 is 9.80 Å². The highest BCUT2D eigenvalue weighted by Gasteiger charge is 2.53. The van der Waals surface area contributed by atoms with Crippen molar-refractivity contribution in [3.05, 3.63) is 257 Å². The minimum absolute atomic E-state index is 0.00815. The molecular weight excluding hydrogens is 885 g/mol. The maximum atomic E-state index is 9.91. The molecule has 0 aliphatic heterocycles. The van der Waals surface area contributed by atoms with Crippen LogP contribution in [0.3, 0.4) is 0 Å². The van der Waals surface area contributed by atoms with E-state index in [-0.39, 0.29) is 10.8 Å². The number of nitrogens with zero attached hydrogens (tertiary/aromatic N) is 4. The summed E-state index contributed by atoms with van der Waals surface area (Å²) in [6, 6.07) is 77.9. The van der Waals surface area contributed by atoms with Crippen molar-refractivity contribution >= 4 is 50.6 Å². The monoisotopic (exact) mass is 936 g/mol. The average Bonchev–Trinajstić information content (AvgIpc) is 4.04. The molecule has 10 aromatic carbocycles. The van der Waals surface area contributed by atoms with Crippen LogP contribution in [-0.4, -0.2) is 0 Å². The number of anilines is 6. The Bertz CT molecular complexity index is 3810. The van der Waals surface area contributed by atoms with Crippen molar-refractivity contribution in [2.75, 3.05) is 9.80 Å². The normalized spacial score (nSPS) is 14.5. The van der Waals surface area contributed by atoms with Gasteiger partial charge in [0.2, 0.25) is 0 Å². The first-order valence-corrected chi connectivity index (χ1v) is 25.3. The molecule has 1 unspecified atom stereocenters. The molecule has 0 fully saturated rings. The molecule has 0 N–H and O–H groups in total. The van der Waals surface area contributed by atoms with Gasteiger partial charge in [0, 0.05) is 34.1 Å². The van der Waals surface area contributed by atoms with Crippen LogP contribution in [0.5, 0.6) is 0 Å². The molecule has 3 aliphatic carbocycles. The Labute approximate surface area is 428 Å². The van der Waals surface area contributed by atoms with E-state index in [1.807, 2.05) is 24.3 Å². The van der Waals surface area contributed by atoms with E-state index >= 15 is 0 Å². The Morgan fingerprint density at radius 3 is 1.37 bits per heavy atom. The SMILES string of the molecule is [C-]#[N+]c1ccc(N(c2ccc(C(C)(C)C)cc2)c2ccc3c(c2)C2(c4cc(N(c5ccc(C#N)cc5)c5ccc(C(C)(C)C)cc5)ccc4-3)c3ccccc3-c3c2cc2c4c(cccc34)-c3ccccc3-2)cc1. The lowest BCUT2D eigenvalue weighted by Gasteiger charge is -2.34. The second-order valence-corrected chi connectivity index (χ2v) is 21.9. The highest BCUT2D eigenvalue weighted by molar-refractivity contribution is 6.21. The summed E-state index contributed by atoms with van der Waals surface area (Å²) in [6.45, 7) is 21.3. The fourth-order valence-electron chi connectivity index (χ4n) is 12.3. The smallest absolute Gasteiger partial charge is 0.187 e. The number of hydrogen-bond acceptors (Lipinski definition) is 3. The van der Waals surface area contributed by atoms with E-state index in [0.717, 1.165) is 34.1 Å².